The summed E-state index contributed by atoms with van der Waals surface area (Å²) in [5, 5.41) is 3.39. The van der Waals surface area contributed by atoms with Crippen molar-refractivity contribution < 1.29 is 0 Å². The SMILES string of the molecule is P1=C2P=C12. The zero-order chi connectivity index (χ0) is 2.57. The molecule has 0 aliphatic carbocycles. The van der Waals surface area contributed by atoms with Gasteiger partial charge in [-0.15, -0.1) is 0 Å². The van der Waals surface area contributed by atoms with Crippen LogP contribution in [-0.2, 0) is 0 Å². The summed E-state index contributed by atoms with van der Waals surface area (Å²) >= 11 is 0. The van der Waals surface area contributed by atoms with Crippen molar-refractivity contribution >= 4 is 26.5 Å². The Morgan fingerprint density at radius 1 is 1.00 bits per heavy atom. The van der Waals surface area contributed by atoms with E-state index < -0.39 is 0 Å². The lowest BCUT2D eigenvalue weighted by Gasteiger charge is -1.29. The molecule has 2 aliphatic rings. The Morgan fingerprint density at radius 2 is 1.25 bits per heavy atom. The maximum Gasteiger partial charge on any atom is 0.0475 e. The molecule has 18 valence electrons. The molecular weight excluding hydrogens is 86.0 g/mol. The largest absolute Gasteiger partial charge is 0.0475 e. The molecule has 0 saturated carbocycles. The quantitative estimate of drug-likeness (QED) is 0.388. The van der Waals surface area contributed by atoms with Gasteiger partial charge in [0.15, 0.2) is 0 Å². The maximum atomic E-state index is 1.69. The smallest absolute Gasteiger partial charge is 0.0475 e. The molecule has 4 heavy (non-hydrogen) atoms. The van der Waals surface area contributed by atoms with E-state index in [-0.39, 0.29) is 0 Å². The van der Waals surface area contributed by atoms with Gasteiger partial charge in [0.25, 0.3) is 0 Å². The van der Waals surface area contributed by atoms with Crippen LogP contribution >= 0.6 is 16.4 Å². The van der Waals surface area contributed by atoms with Crippen LogP contribution in [0.5, 0.6) is 0 Å². The molecule has 0 bridgehead atoms. The van der Waals surface area contributed by atoms with Crippen LogP contribution in [0.3, 0.4) is 0 Å². The lowest BCUT2D eigenvalue weighted by Crippen LogP contribution is -1.32. The first-order valence-electron chi connectivity index (χ1n) is 1.14. The van der Waals surface area contributed by atoms with Crippen molar-refractivity contribution in [1.82, 2.24) is 0 Å². The number of rotatable bonds is 0. The van der Waals surface area contributed by atoms with Gasteiger partial charge in [-0.05, 0) is 16.4 Å². The first-order valence-corrected chi connectivity index (χ1v) is 2.93. The van der Waals surface area contributed by atoms with E-state index in [0.29, 0.717) is 0 Å². The van der Waals surface area contributed by atoms with E-state index in [1.807, 2.05) is 0 Å². The Balaban J connectivity index is 3.10. The van der Waals surface area contributed by atoms with Crippen molar-refractivity contribution in [2.45, 2.75) is 0 Å². The zero-order valence-corrected chi connectivity index (χ0v) is 3.68. The fourth-order valence-corrected chi connectivity index (χ4v) is 1.35. The van der Waals surface area contributed by atoms with Crippen molar-refractivity contribution in [1.29, 1.82) is 0 Å². The van der Waals surface area contributed by atoms with E-state index in [9.17, 15) is 0 Å². The van der Waals surface area contributed by atoms with Gasteiger partial charge in [0, 0.05) is 10.1 Å². The molecule has 2 heterocycles. The molecule has 0 nitrogen and oxygen atoms in total. The van der Waals surface area contributed by atoms with Crippen LogP contribution in [0, 0.1) is 0 Å². The zero-order valence-electron chi connectivity index (χ0n) is 1.89. The average Bonchev–Trinajstić information content (AvgIpc) is 1.36. The summed E-state index contributed by atoms with van der Waals surface area (Å²) in [7, 11) is 3.17. The van der Waals surface area contributed by atoms with E-state index in [1.54, 1.807) is 26.5 Å². The van der Waals surface area contributed by atoms with Crippen molar-refractivity contribution in [3.8, 4) is 0 Å². The Bertz CT molecular complexity index is 98.5. The minimum atomic E-state index is 1.58. The number of hydrogen-bond acceptors (Lipinski definition) is 0. The minimum absolute atomic E-state index is 1.58. The Morgan fingerprint density at radius 3 is 1.25 bits per heavy atom. The van der Waals surface area contributed by atoms with E-state index in [2.05, 4.69) is 0 Å². The van der Waals surface area contributed by atoms with Crippen LogP contribution < -0.4 is 0 Å². The van der Waals surface area contributed by atoms with Crippen LogP contribution in [0.15, 0.2) is 0 Å². The summed E-state index contributed by atoms with van der Waals surface area (Å²) in [6.07, 6.45) is 0. The second-order valence-corrected chi connectivity index (χ2v) is 3.81. The molecule has 2 aliphatic heterocycles. The van der Waals surface area contributed by atoms with Gasteiger partial charge in [-0.1, -0.05) is 0 Å². The highest BCUT2D eigenvalue weighted by molar-refractivity contribution is 8.23. The third kappa shape index (κ3) is 0.0604. The Labute approximate surface area is 27.4 Å². The van der Waals surface area contributed by atoms with Gasteiger partial charge in [-0.2, -0.15) is 0 Å². The van der Waals surface area contributed by atoms with Gasteiger partial charge in [0.2, 0.25) is 0 Å². The van der Waals surface area contributed by atoms with Gasteiger partial charge in [0.1, 0.15) is 0 Å². The minimum Gasteiger partial charge on any atom is -0.0475 e. The van der Waals surface area contributed by atoms with Crippen molar-refractivity contribution in [3.63, 3.8) is 0 Å². The van der Waals surface area contributed by atoms with E-state index >= 15 is 0 Å². The molecule has 0 amide bonds. The highest BCUT2D eigenvalue weighted by Crippen LogP contribution is 2.50. The monoisotopic (exact) mass is 85.9 g/mol. The molecule has 2 rings (SSSR count). The fraction of sp³-hybridized carbons (Fsp3) is 0. The predicted molar refractivity (Wildman–Crippen MR) is 23.9 cm³/mol. The standard InChI is InChI=1S/C2P2/c3-1-2(3)4-1. The van der Waals surface area contributed by atoms with Crippen molar-refractivity contribution in [3.05, 3.63) is 0 Å². The number of hydrogen-bond donors (Lipinski definition) is 0. The van der Waals surface area contributed by atoms with Crippen LogP contribution in [0.4, 0.5) is 0 Å². The second-order valence-electron chi connectivity index (χ2n) is 0.871. The second kappa shape index (κ2) is 0.263. The van der Waals surface area contributed by atoms with Crippen molar-refractivity contribution in [2.75, 3.05) is 0 Å². The Hall–Kier alpha value is 0.340. The first kappa shape index (κ1) is 1.70. The number of fused-ring (bicyclic) bond motifs is 1. The molecular formula is C2P2. The van der Waals surface area contributed by atoms with Gasteiger partial charge in [0.05, 0.1) is 0 Å². The summed E-state index contributed by atoms with van der Waals surface area (Å²) in [6, 6.07) is 0. The lowest BCUT2D eigenvalue weighted by atomic mass is 11.0. The maximum absolute atomic E-state index is 1.69. The predicted octanol–water partition coefficient (Wildman–Crippen LogP) is 1.17. The molecule has 0 fully saturated rings. The molecule has 0 spiro atoms. The normalized spacial score (nSPS) is 34.0. The first-order chi connectivity index (χ1) is 1.97. The van der Waals surface area contributed by atoms with E-state index in [0.717, 1.165) is 0 Å². The summed E-state index contributed by atoms with van der Waals surface area (Å²) in [5.74, 6) is 0. The van der Waals surface area contributed by atoms with E-state index in [1.165, 1.54) is 0 Å². The third-order valence-corrected chi connectivity index (χ3v) is 3.37. The van der Waals surface area contributed by atoms with Crippen molar-refractivity contribution in [2.24, 2.45) is 0 Å². The topological polar surface area (TPSA) is 0 Å². The lowest BCUT2D eigenvalue weighted by molar-refractivity contribution is 3.98. The van der Waals surface area contributed by atoms with Gasteiger partial charge in [-0.25, -0.2) is 0 Å². The molecule has 0 unspecified atom stereocenters. The average molecular weight is 86.0 g/mol. The van der Waals surface area contributed by atoms with Crippen LogP contribution in [0.1, 0.15) is 0 Å². The molecule has 0 N–H and O–H groups in total. The van der Waals surface area contributed by atoms with Crippen LogP contribution in [-0.4, -0.2) is 10.1 Å². The highest BCUT2D eigenvalue weighted by Gasteiger charge is 2.29. The van der Waals surface area contributed by atoms with E-state index in [4.69, 9.17) is 0 Å². The molecule has 0 radical (unpaired) electrons. The van der Waals surface area contributed by atoms with Crippen LogP contribution in [0.25, 0.3) is 0 Å². The molecule has 0 aromatic heterocycles. The van der Waals surface area contributed by atoms with Gasteiger partial charge >= 0.3 is 0 Å². The molecule has 0 saturated heterocycles. The molecule has 2 heteroatoms. The summed E-state index contributed by atoms with van der Waals surface area (Å²) in [5.41, 5.74) is 0. The summed E-state index contributed by atoms with van der Waals surface area (Å²) in [6.45, 7) is 0. The highest BCUT2D eigenvalue weighted by atomic mass is 31.1. The molecule has 0 aromatic rings. The molecule has 0 aromatic carbocycles. The summed E-state index contributed by atoms with van der Waals surface area (Å²) in [4.78, 5) is 0. The fourth-order valence-electron chi connectivity index (χ4n) is 0.150. The van der Waals surface area contributed by atoms with Gasteiger partial charge < -0.3 is 0 Å². The van der Waals surface area contributed by atoms with Crippen LogP contribution in [0.2, 0.25) is 0 Å². The molecule has 0 atom stereocenters. The van der Waals surface area contributed by atoms with Gasteiger partial charge in [-0.3, -0.25) is 0 Å². The summed E-state index contributed by atoms with van der Waals surface area (Å²) < 4.78 is 0. The Kier molecular flexibility index (Phi) is 0.112. The third-order valence-electron chi connectivity index (χ3n) is 0.524.